The van der Waals surface area contributed by atoms with Gasteiger partial charge < -0.3 is 15.6 Å². The summed E-state index contributed by atoms with van der Waals surface area (Å²) in [6.45, 7) is 2.59. The van der Waals surface area contributed by atoms with Crippen molar-refractivity contribution in [1.29, 1.82) is 0 Å². The molecule has 2 aromatic rings. The molecule has 94 valence electrons. The van der Waals surface area contributed by atoms with Gasteiger partial charge in [-0.15, -0.1) is 0 Å². The molecule has 0 fully saturated rings. The molecule has 0 aliphatic carbocycles. The van der Waals surface area contributed by atoms with Crippen LogP contribution in [0.15, 0.2) is 35.1 Å². The van der Waals surface area contributed by atoms with Gasteiger partial charge in [-0.05, 0) is 24.4 Å². The van der Waals surface area contributed by atoms with Gasteiger partial charge in [0.25, 0.3) is 5.56 Å². The fourth-order valence-corrected chi connectivity index (χ4v) is 1.74. The van der Waals surface area contributed by atoms with Gasteiger partial charge in [-0.25, -0.2) is 0 Å². The third-order valence-electron chi connectivity index (χ3n) is 2.57. The summed E-state index contributed by atoms with van der Waals surface area (Å²) >= 11 is 0. The molecule has 1 amide bonds. The first-order chi connectivity index (χ1) is 8.70. The molecule has 0 spiro atoms. The Hall–Kier alpha value is -2.30. The third-order valence-corrected chi connectivity index (χ3v) is 2.57. The van der Waals surface area contributed by atoms with Gasteiger partial charge in [0.05, 0.1) is 6.54 Å². The van der Waals surface area contributed by atoms with Crippen molar-refractivity contribution in [2.45, 2.75) is 6.92 Å². The number of likely N-dealkylation sites (N-methyl/N-ethyl adjacent to an activating group) is 1. The summed E-state index contributed by atoms with van der Waals surface area (Å²) in [6.07, 6.45) is 0. The van der Waals surface area contributed by atoms with E-state index in [1.54, 1.807) is 6.07 Å². The van der Waals surface area contributed by atoms with Crippen LogP contribution in [0.1, 0.15) is 6.92 Å². The van der Waals surface area contributed by atoms with Gasteiger partial charge in [-0.3, -0.25) is 9.59 Å². The van der Waals surface area contributed by atoms with Gasteiger partial charge >= 0.3 is 0 Å². The van der Waals surface area contributed by atoms with E-state index < -0.39 is 0 Å². The maximum atomic E-state index is 11.8. The van der Waals surface area contributed by atoms with Crippen molar-refractivity contribution in [2.75, 3.05) is 18.4 Å². The zero-order chi connectivity index (χ0) is 13.0. The van der Waals surface area contributed by atoms with Crippen LogP contribution in [0.4, 0.5) is 5.82 Å². The third kappa shape index (κ3) is 2.68. The molecule has 0 aliphatic rings. The average molecular weight is 245 g/mol. The van der Waals surface area contributed by atoms with E-state index in [0.29, 0.717) is 17.7 Å². The van der Waals surface area contributed by atoms with Crippen molar-refractivity contribution in [1.82, 2.24) is 10.3 Å². The Bertz CT molecular complexity index is 619. The zero-order valence-electron chi connectivity index (χ0n) is 10.1. The quantitative estimate of drug-likeness (QED) is 0.754. The van der Waals surface area contributed by atoms with E-state index in [-0.39, 0.29) is 18.0 Å². The SMILES string of the molecule is CCNC(=O)CNc1cc2ccccc2c(=O)[nH]1. The maximum Gasteiger partial charge on any atom is 0.257 e. The molecular weight excluding hydrogens is 230 g/mol. The Labute approximate surface area is 104 Å². The number of nitrogens with one attached hydrogen (secondary N) is 3. The van der Waals surface area contributed by atoms with E-state index >= 15 is 0 Å². The normalized spacial score (nSPS) is 10.3. The van der Waals surface area contributed by atoms with Crippen molar-refractivity contribution in [3.8, 4) is 0 Å². The lowest BCUT2D eigenvalue weighted by molar-refractivity contribution is -0.119. The lowest BCUT2D eigenvalue weighted by Gasteiger charge is -2.07. The molecule has 0 unspecified atom stereocenters. The maximum absolute atomic E-state index is 11.8. The molecule has 1 aromatic heterocycles. The standard InChI is InChI=1S/C13H15N3O2/c1-2-14-12(17)8-15-11-7-9-5-3-4-6-10(9)13(18)16-11/h3-7H,2,8H2,1H3,(H,14,17)(H2,15,16,18). The summed E-state index contributed by atoms with van der Waals surface area (Å²) < 4.78 is 0. The molecule has 0 atom stereocenters. The number of amides is 1. The second-order valence-corrected chi connectivity index (χ2v) is 3.91. The number of rotatable bonds is 4. The highest BCUT2D eigenvalue weighted by Gasteiger charge is 2.03. The molecule has 5 nitrogen and oxygen atoms in total. The van der Waals surface area contributed by atoms with Gasteiger partial charge in [0.1, 0.15) is 5.82 Å². The summed E-state index contributed by atoms with van der Waals surface area (Å²) in [5.74, 6) is 0.441. The molecule has 0 bridgehead atoms. The van der Waals surface area contributed by atoms with E-state index in [1.165, 1.54) is 0 Å². The summed E-state index contributed by atoms with van der Waals surface area (Å²) in [6, 6.07) is 9.13. The van der Waals surface area contributed by atoms with E-state index in [2.05, 4.69) is 15.6 Å². The van der Waals surface area contributed by atoms with Crippen LogP contribution in [0.25, 0.3) is 10.8 Å². The predicted octanol–water partition coefficient (Wildman–Crippen LogP) is 1.08. The number of H-pyrrole nitrogens is 1. The Balaban J connectivity index is 2.20. The minimum Gasteiger partial charge on any atom is -0.362 e. The first kappa shape index (κ1) is 12.2. The van der Waals surface area contributed by atoms with Crippen LogP contribution in [-0.2, 0) is 4.79 Å². The number of carbonyl (C=O) groups is 1. The molecular formula is C13H15N3O2. The Morgan fingerprint density at radius 1 is 1.33 bits per heavy atom. The van der Waals surface area contributed by atoms with Gasteiger partial charge in [0.15, 0.2) is 0 Å². The summed E-state index contributed by atoms with van der Waals surface area (Å²) in [7, 11) is 0. The summed E-state index contributed by atoms with van der Waals surface area (Å²) in [5.41, 5.74) is -0.161. The average Bonchev–Trinajstić information content (AvgIpc) is 2.37. The van der Waals surface area contributed by atoms with E-state index in [4.69, 9.17) is 0 Å². The van der Waals surface area contributed by atoms with E-state index in [1.807, 2.05) is 31.2 Å². The number of hydrogen-bond donors (Lipinski definition) is 3. The minimum absolute atomic E-state index is 0.105. The number of anilines is 1. The molecule has 18 heavy (non-hydrogen) atoms. The Morgan fingerprint density at radius 3 is 2.89 bits per heavy atom. The van der Waals surface area contributed by atoms with Crippen molar-refractivity contribution < 1.29 is 4.79 Å². The van der Waals surface area contributed by atoms with Crippen molar-refractivity contribution in [3.63, 3.8) is 0 Å². The van der Waals surface area contributed by atoms with Gasteiger partial charge in [-0.1, -0.05) is 18.2 Å². The second kappa shape index (κ2) is 5.35. The number of aromatic amines is 1. The first-order valence-electron chi connectivity index (χ1n) is 5.83. The molecule has 0 saturated heterocycles. The highest BCUT2D eigenvalue weighted by atomic mass is 16.2. The summed E-state index contributed by atoms with van der Waals surface area (Å²) in [4.78, 5) is 25.8. The Kier molecular flexibility index (Phi) is 3.62. The number of fused-ring (bicyclic) bond motifs is 1. The fourth-order valence-electron chi connectivity index (χ4n) is 1.74. The number of carbonyl (C=O) groups excluding carboxylic acids is 1. The molecule has 0 saturated carbocycles. The van der Waals surface area contributed by atoms with Crippen LogP contribution in [0.2, 0.25) is 0 Å². The highest BCUT2D eigenvalue weighted by molar-refractivity contribution is 5.85. The molecule has 2 rings (SSSR count). The van der Waals surface area contributed by atoms with Gasteiger partial charge in [0.2, 0.25) is 5.91 Å². The highest BCUT2D eigenvalue weighted by Crippen LogP contribution is 2.12. The number of hydrogen-bond acceptors (Lipinski definition) is 3. The van der Waals surface area contributed by atoms with Crippen LogP contribution in [-0.4, -0.2) is 24.0 Å². The lowest BCUT2D eigenvalue weighted by atomic mass is 10.2. The van der Waals surface area contributed by atoms with Crippen LogP contribution in [0.5, 0.6) is 0 Å². The van der Waals surface area contributed by atoms with Crippen LogP contribution in [0.3, 0.4) is 0 Å². The number of aromatic nitrogens is 1. The van der Waals surface area contributed by atoms with Crippen LogP contribution < -0.4 is 16.2 Å². The predicted molar refractivity (Wildman–Crippen MR) is 71.7 cm³/mol. The molecule has 0 radical (unpaired) electrons. The van der Waals surface area contributed by atoms with E-state index in [9.17, 15) is 9.59 Å². The van der Waals surface area contributed by atoms with Crippen LogP contribution in [0, 0.1) is 0 Å². The van der Waals surface area contributed by atoms with Crippen molar-refractivity contribution in [2.24, 2.45) is 0 Å². The summed E-state index contributed by atoms with van der Waals surface area (Å²) in [5, 5.41) is 7.06. The second-order valence-electron chi connectivity index (χ2n) is 3.91. The zero-order valence-corrected chi connectivity index (χ0v) is 10.1. The van der Waals surface area contributed by atoms with Gasteiger partial charge in [0, 0.05) is 11.9 Å². The first-order valence-corrected chi connectivity index (χ1v) is 5.83. The topological polar surface area (TPSA) is 74.0 Å². The molecule has 1 heterocycles. The van der Waals surface area contributed by atoms with Crippen molar-refractivity contribution >= 4 is 22.5 Å². The van der Waals surface area contributed by atoms with E-state index in [0.717, 1.165) is 5.39 Å². The fraction of sp³-hybridized carbons (Fsp3) is 0.231. The van der Waals surface area contributed by atoms with Gasteiger partial charge in [-0.2, -0.15) is 0 Å². The lowest BCUT2D eigenvalue weighted by Crippen LogP contribution is -2.30. The van der Waals surface area contributed by atoms with Crippen LogP contribution >= 0.6 is 0 Å². The number of pyridine rings is 1. The monoisotopic (exact) mass is 245 g/mol. The van der Waals surface area contributed by atoms with Crippen molar-refractivity contribution in [3.05, 3.63) is 40.7 Å². The largest absolute Gasteiger partial charge is 0.362 e. The molecule has 5 heteroatoms. The molecule has 0 aliphatic heterocycles. The Morgan fingerprint density at radius 2 is 2.11 bits per heavy atom. The molecule has 3 N–H and O–H groups in total. The minimum atomic E-state index is -0.161. The number of benzene rings is 1. The molecule has 1 aromatic carbocycles. The smallest absolute Gasteiger partial charge is 0.257 e.